The van der Waals surface area contributed by atoms with Gasteiger partial charge in [0.2, 0.25) is 10.0 Å². The molecule has 3 N–H and O–H groups in total. The maximum atomic E-state index is 12.4. The standard InChI is InChI=1S/C14H22N2O2S2/c1-9(2)11(4)8-16-20(17,18)13-7-12(14(15)19)6-5-10(13)3/h5-7,9,11,16H,8H2,1-4H3,(H2,15,19). The Kier molecular flexibility index (Phi) is 5.68. The van der Waals surface area contributed by atoms with E-state index < -0.39 is 10.0 Å². The van der Waals surface area contributed by atoms with Crippen LogP contribution in [0.4, 0.5) is 0 Å². The molecule has 1 rings (SSSR count). The third-order valence-electron chi connectivity index (χ3n) is 3.50. The Labute approximate surface area is 126 Å². The van der Waals surface area contributed by atoms with Gasteiger partial charge in [-0.2, -0.15) is 0 Å². The Hall–Kier alpha value is -0.980. The van der Waals surface area contributed by atoms with Crippen LogP contribution in [-0.2, 0) is 10.0 Å². The van der Waals surface area contributed by atoms with E-state index in [2.05, 4.69) is 18.6 Å². The summed E-state index contributed by atoms with van der Waals surface area (Å²) in [7, 11) is -3.54. The molecular weight excluding hydrogens is 292 g/mol. The lowest BCUT2D eigenvalue weighted by atomic mass is 9.99. The predicted octanol–water partition coefficient (Wildman–Crippen LogP) is 2.20. The number of nitrogens with one attached hydrogen (secondary N) is 1. The van der Waals surface area contributed by atoms with Crippen LogP contribution in [0.15, 0.2) is 23.1 Å². The Morgan fingerprint density at radius 1 is 1.35 bits per heavy atom. The zero-order valence-corrected chi connectivity index (χ0v) is 13.9. The van der Waals surface area contributed by atoms with Gasteiger partial charge >= 0.3 is 0 Å². The molecule has 6 heteroatoms. The van der Waals surface area contributed by atoms with Crippen molar-refractivity contribution in [3.63, 3.8) is 0 Å². The largest absolute Gasteiger partial charge is 0.389 e. The topological polar surface area (TPSA) is 72.2 Å². The molecule has 0 aliphatic heterocycles. The van der Waals surface area contributed by atoms with Crippen LogP contribution in [0.3, 0.4) is 0 Å². The van der Waals surface area contributed by atoms with Gasteiger partial charge in [0, 0.05) is 12.1 Å². The van der Waals surface area contributed by atoms with Gasteiger partial charge in [-0.25, -0.2) is 13.1 Å². The van der Waals surface area contributed by atoms with Gasteiger partial charge in [0.05, 0.1) is 4.90 Å². The molecule has 112 valence electrons. The monoisotopic (exact) mass is 314 g/mol. The molecule has 0 bridgehead atoms. The molecule has 4 nitrogen and oxygen atoms in total. The Bertz CT molecular complexity index is 595. The first-order valence-corrected chi connectivity index (χ1v) is 8.44. The SMILES string of the molecule is Cc1ccc(C(N)=S)cc1S(=O)(=O)NCC(C)C(C)C. The molecule has 0 radical (unpaired) electrons. The van der Waals surface area contributed by atoms with Crippen molar-refractivity contribution in [2.75, 3.05) is 6.54 Å². The molecule has 0 heterocycles. The van der Waals surface area contributed by atoms with Crippen molar-refractivity contribution in [1.29, 1.82) is 0 Å². The lowest BCUT2D eigenvalue weighted by Crippen LogP contribution is -2.31. The highest BCUT2D eigenvalue weighted by Gasteiger charge is 2.19. The van der Waals surface area contributed by atoms with E-state index in [4.69, 9.17) is 18.0 Å². The smallest absolute Gasteiger partial charge is 0.240 e. The lowest BCUT2D eigenvalue weighted by Gasteiger charge is -2.17. The van der Waals surface area contributed by atoms with Crippen LogP contribution in [0.25, 0.3) is 0 Å². The summed E-state index contributed by atoms with van der Waals surface area (Å²) in [5.41, 5.74) is 6.79. The van der Waals surface area contributed by atoms with Crippen molar-refractivity contribution in [1.82, 2.24) is 4.72 Å². The number of nitrogens with two attached hydrogens (primary N) is 1. The first-order chi connectivity index (χ1) is 9.15. The molecule has 0 aromatic heterocycles. The molecule has 1 unspecified atom stereocenters. The Morgan fingerprint density at radius 2 is 1.95 bits per heavy atom. The van der Waals surface area contributed by atoms with E-state index in [0.717, 1.165) is 0 Å². The molecule has 0 saturated heterocycles. The fourth-order valence-electron chi connectivity index (χ4n) is 1.60. The van der Waals surface area contributed by atoms with Gasteiger partial charge in [-0.3, -0.25) is 0 Å². The number of sulfonamides is 1. The second kappa shape index (κ2) is 6.65. The molecule has 1 aromatic carbocycles. The zero-order valence-electron chi connectivity index (χ0n) is 12.3. The first kappa shape index (κ1) is 17.1. The summed E-state index contributed by atoms with van der Waals surface area (Å²) in [4.78, 5) is 0.427. The van der Waals surface area contributed by atoms with E-state index in [1.807, 2.05) is 6.92 Å². The summed E-state index contributed by atoms with van der Waals surface area (Å²) in [6, 6.07) is 4.97. The highest BCUT2D eigenvalue weighted by molar-refractivity contribution is 7.89. The van der Waals surface area contributed by atoms with Crippen LogP contribution < -0.4 is 10.5 Å². The van der Waals surface area contributed by atoms with Gasteiger partial charge in [0.15, 0.2) is 0 Å². The van der Waals surface area contributed by atoms with Crippen LogP contribution in [0, 0.1) is 18.8 Å². The molecule has 0 fully saturated rings. The van der Waals surface area contributed by atoms with Gasteiger partial charge in [0.1, 0.15) is 4.99 Å². The molecule has 0 spiro atoms. The molecule has 0 amide bonds. The molecule has 1 aromatic rings. The molecule has 20 heavy (non-hydrogen) atoms. The van der Waals surface area contributed by atoms with Crippen molar-refractivity contribution in [3.8, 4) is 0 Å². The van der Waals surface area contributed by atoms with Crippen LogP contribution in [-0.4, -0.2) is 20.0 Å². The normalized spacial score (nSPS) is 13.4. The summed E-state index contributed by atoms with van der Waals surface area (Å²) >= 11 is 4.89. The highest BCUT2D eigenvalue weighted by atomic mass is 32.2. The predicted molar refractivity (Wildman–Crippen MR) is 86.3 cm³/mol. The van der Waals surface area contributed by atoms with Crippen molar-refractivity contribution in [3.05, 3.63) is 29.3 Å². The molecular formula is C14H22N2O2S2. The summed E-state index contributed by atoms with van der Waals surface area (Å²) in [5, 5.41) is 0. The van der Waals surface area contributed by atoms with Crippen molar-refractivity contribution in [2.24, 2.45) is 17.6 Å². The number of hydrogen-bond acceptors (Lipinski definition) is 3. The molecule has 1 atom stereocenters. The van der Waals surface area contributed by atoms with Crippen molar-refractivity contribution >= 4 is 27.2 Å². The van der Waals surface area contributed by atoms with Gasteiger partial charge in [0.25, 0.3) is 0 Å². The van der Waals surface area contributed by atoms with E-state index >= 15 is 0 Å². The number of aryl methyl sites for hydroxylation is 1. The van der Waals surface area contributed by atoms with E-state index in [9.17, 15) is 8.42 Å². The average molecular weight is 314 g/mol. The zero-order chi connectivity index (χ0) is 15.5. The van der Waals surface area contributed by atoms with Gasteiger partial charge in [-0.05, 0) is 30.4 Å². The van der Waals surface area contributed by atoms with Gasteiger partial charge in [-0.1, -0.05) is 45.1 Å². The fraction of sp³-hybridized carbons (Fsp3) is 0.500. The third kappa shape index (κ3) is 4.26. The average Bonchev–Trinajstić information content (AvgIpc) is 2.35. The van der Waals surface area contributed by atoms with Crippen LogP contribution in [0.1, 0.15) is 31.9 Å². The minimum absolute atomic E-state index is 0.192. The van der Waals surface area contributed by atoms with E-state index in [1.165, 1.54) is 6.07 Å². The number of thiocarbonyl (C=S) groups is 1. The van der Waals surface area contributed by atoms with Gasteiger partial charge in [-0.15, -0.1) is 0 Å². The lowest BCUT2D eigenvalue weighted by molar-refractivity contribution is 0.414. The first-order valence-electron chi connectivity index (χ1n) is 6.55. The molecule has 0 aliphatic rings. The molecule has 0 aliphatic carbocycles. The summed E-state index contributed by atoms with van der Waals surface area (Å²) in [5.74, 6) is 0.686. The molecule has 0 saturated carbocycles. The maximum absolute atomic E-state index is 12.4. The maximum Gasteiger partial charge on any atom is 0.240 e. The third-order valence-corrected chi connectivity index (χ3v) is 5.30. The number of hydrogen-bond donors (Lipinski definition) is 2. The minimum Gasteiger partial charge on any atom is -0.389 e. The minimum atomic E-state index is -3.54. The van der Waals surface area contributed by atoms with E-state index in [-0.39, 0.29) is 15.8 Å². The van der Waals surface area contributed by atoms with Crippen molar-refractivity contribution < 1.29 is 8.42 Å². The van der Waals surface area contributed by atoms with Crippen LogP contribution in [0.5, 0.6) is 0 Å². The Balaban J connectivity index is 3.03. The number of rotatable bonds is 6. The fourth-order valence-corrected chi connectivity index (χ4v) is 3.14. The summed E-state index contributed by atoms with van der Waals surface area (Å²) in [6.45, 7) is 8.32. The second-order valence-corrected chi connectivity index (χ2v) is 7.59. The van der Waals surface area contributed by atoms with E-state index in [1.54, 1.807) is 19.1 Å². The summed E-state index contributed by atoms with van der Waals surface area (Å²) in [6.07, 6.45) is 0. The highest BCUT2D eigenvalue weighted by Crippen LogP contribution is 2.18. The Morgan fingerprint density at radius 3 is 2.45 bits per heavy atom. The second-order valence-electron chi connectivity index (χ2n) is 5.42. The van der Waals surface area contributed by atoms with E-state index in [0.29, 0.717) is 23.6 Å². The van der Waals surface area contributed by atoms with Crippen LogP contribution >= 0.6 is 12.2 Å². The summed E-state index contributed by atoms with van der Waals surface area (Å²) < 4.78 is 27.4. The van der Waals surface area contributed by atoms with Crippen molar-refractivity contribution in [2.45, 2.75) is 32.6 Å². The number of benzene rings is 1. The van der Waals surface area contributed by atoms with Gasteiger partial charge < -0.3 is 5.73 Å². The van der Waals surface area contributed by atoms with Crippen LogP contribution in [0.2, 0.25) is 0 Å². The quantitative estimate of drug-likeness (QED) is 0.790.